The summed E-state index contributed by atoms with van der Waals surface area (Å²) in [5.74, 6) is -0.234. The Morgan fingerprint density at radius 2 is 1.91 bits per heavy atom. The van der Waals surface area contributed by atoms with Crippen molar-refractivity contribution in [3.63, 3.8) is 0 Å². The molecule has 0 spiro atoms. The number of hydrogen-bond donors (Lipinski definition) is 1. The predicted octanol–water partition coefficient (Wildman–Crippen LogP) is 2.19. The lowest BCUT2D eigenvalue weighted by molar-refractivity contribution is -0.124. The number of benzene rings is 1. The molecular formula is C17H20N2O4. The molecule has 0 heterocycles. The zero-order valence-electron chi connectivity index (χ0n) is 13.1. The van der Waals surface area contributed by atoms with E-state index in [0.29, 0.717) is 30.8 Å². The highest BCUT2D eigenvalue weighted by atomic mass is 16.5. The molecule has 2 rings (SSSR count). The number of amides is 1. The summed E-state index contributed by atoms with van der Waals surface area (Å²) in [7, 11) is 0. The SMILES string of the molecule is CCOC(=O)c1ccc(OCC(=O)NC2(C#N)CCCC2)cc1. The number of carbonyl (C=O) groups is 2. The fourth-order valence-corrected chi connectivity index (χ4v) is 2.60. The van der Waals surface area contributed by atoms with Crippen LogP contribution in [-0.2, 0) is 9.53 Å². The molecule has 1 aliphatic carbocycles. The summed E-state index contributed by atoms with van der Waals surface area (Å²) in [4.78, 5) is 23.5. The van der Waals surface area contributed by atoms with Crippen LogP contribution in [0.3, 0.4) is 0 Å². The third-order valence-electron chi connectivity index (χ3n) is 3.79. The van der Waals surface area contributed by atoms with Crippen molar-refractivity contribution in [1.82, 2.24) is 5.32 Å². The van der Waals surface area contributed by atoms with Crippen LogP contribution in [0.15, 0.2) is 24.3 Å². The lowest BCUT2D eigenvalue weighted by atomic mass is 10.00. The van der Waals surface area contributed by atoms with E-state index in [-0.39, 0.29) is 12.5 Å². The smallest absolute Gasteiger partial charge is 0.338 e. The monoisotopic (exact) mass is 316 g/mol. The predicted molar refractivity (Wildman–Crippen MR) is 82.8 cm³/mol. The standard InChI is InChI=1S/C17H20N2O4/c1-2-22-16(21)13-5-7-14(8-6-13)23-11-15(20)19-17(12-18)9-3-4-10-17/h5-8H,2-4,9-11H2,1H3,(H,19,20). The minimum Gasteiger partial charge on any atom is -0.484 e. The lowest BCUT2D eigenvalue weighted by Gasteiger charge is -2.21. The number of nitrogens with zero attached hydrogens (tertiary/aromatic N) is 1. The molecular weight excluding hydrogens is 296 g/mol. The summed E-state index contributed by atoms with van der Waals surface area (Å²) < 4.78 is 10.3. The fourth-order valence-electron chi connectivity index (χ4n) is 2.60. The van der Waals surface area contributed by atoms with Gasteiger partial charge in [0.25, 0.3) is 5.91 Å². The van der Waals surface area contributed by atoms with Gasteiger partial charge in [-0.3, -0.25) is 4.79 Å². The molecule has 0 atom stereocenters. The van der Waals surface area contributed by atoms with E-state index < -0.39 is 11.5 Å². The zero-order chi connectivity index (χ0) is 16.7. The van der Waals surface area contributed by atoms with Gasteiger partial charge in [-0.15, -0.1) is 0 Å². The molecule has 1 aromatic rings. The Morgan fingerprint density at radius 3 is 2.48 bits per heavy atom. The normalized spacial score (nSPS) is 15.5. The largest absolute Gasteiger partial charge is 0.484 e. The molecule has 0 unspecified atom stereocenters. The molecule has 0 radical (unpaired) electrons. The average molecular weight is 316 g/mol. The van der Waals surface area contributed by atoms with Gasteiger partial charge < -0.3 is 14.8 Å². The first-order valence-corrected chi connectivity index (χ1v) is 7.71. The van der Waals surface area contributed by atoms with Crippen LogP contribution in [0.5, 0.6) is 5.75 Å². The summed E-state index contributed by atoms with van der Waals surface area (Å²) in [6.45, 7) is 1.90. The number of nitrogens with one attached hydrogen (secondary N) is 1. The molecule has 1 fully saturated rings. The van der Waals surface area contributed by atoms with Crippen LogP contribution in [0.2, 0.25) is 0 Å². The molecule has 1 saturated carbocycles. The molecule has 1 N–H and O–H groups in total. The van der Waals surface area contributed by atoms with Gasteiger partial charge in [0.05, 0.1) is 18.2 Å². The van der Waals surface area contributed by atoms with Crippen molar-refractivity contribution < 1.29 is 19.1 Å². The molecule has 23 heavy (non-hydrogen) atoms. The van der Waals surface area contributed by atoms with Gasteiger partial charge in [-0.05, 0) is 56.9 Å². The molecule has 122 valence electrons. The Labute approximate surface area is 135 Å². The van der Waals surface area contributed by atoms with Crippen LogP contribution in [0, 0.1) is 11.3 Å². The molecule has 6 nitrogen and oxygen atoms in total. The Morgan fingerprint density at radius 1 is 1.26 bits per heavy atom. The van der Waals surface area contributed by atoms with Crippen molar-refractivity contribution in [2.24, 2.45) is 0 Å². The highest BCUT2D eigenvalue weighted by Gasteiger charge is 2.35. The maximum atomic E-state index is 11.9. The van der Waals surface area contributed by atoms with Crippen LogP contribution >= 0.6 is 0 Å². The lowest BCUT2D eigenvalue weighted by Crippen LogP contribution is -2.47. The quantitative estimate of drug-likeness (QED) is 0.813. The zero-order valence-corrected chi connectivity index (χ0v) is 13.1. The van der Waals surface area contributed by atoms with Crippen molar-refractivity contribution in [2.45, 2.75) is 38.1 Å². The van der Waals surface area contributed by atoms with Crippen LogP contribution in [0.4, 0.5) is 0 Å². The maximum absolute atomic E-state index is 11.9. The first-order valence-electron chi connectivity index (χ1n) is 7.71. The van der Waals surface area contributed by atoms with Crippen LogP contribution in [0.25, 0.3) is 0 Å². The average Bonchev–Trinajstić information content (AvgIpc) is 3.02. The minimum atomic E-state index is -0.742. The van der Waals surface area contributed by atoms with E-state index in [1.54, 1.807) is 31.2 Å². The molecule has 0 aliphatic heterocycles. The minimum absolute atomic E-state index is 0.165. The van der Waals surface area contributed by atoms with E-state index in [9.17, 15) is 14.9 Å². The molecule has 1 aromatic carbocycles. The first kappa shape index (κ1) is 16.8. The second kappa shape index (κ2) is 7.63. The van der Waals surface area contributed by atoms with E-state index in [4.69, 9.17) is 9.47 Å². The third-order valence-corrected chi connectivity index (χ3v) is 3.79. The second-order valence-corrected chi connectivity index (χ2v) is 5.48. The number of rotatable bonds is 6. The molecule has 0 aromatic heterocycles. The summed E-state index contributed by atoms with van der Waals surface area (Å²) in [6.07, 6.45) is 3.26. The van der Waals surface area contributed by atoms with Crippen LogP contribution in [-0.4, -0.2) is 30.6 Å². The van der Waals surface area contributed by atoms with E-state index in [0.717, 1.165) is 12.8 Å². The van der Waals surface area contributed by atoms with Crippen molar-refractivity contribution in [1.29, 1.82) is 5.26 Å². The van der Waals surface area contributed by atoms with Crippen molar-refractivity contribution in [3.8, 4) is 11.8 Å². The summed E-state index contributed by atoms with van der Waals surface area (Å²) in [5, 5.41) is 12.0. The van der Waals surface area contributed by atoms with Crippen molar-refractivity contribution in [2.75, 3.05) is 13.2 Å². The van der Waals surface area contributed by atoms with Gasteiger partial charge in [-0.2, -0.15) is 5.26 Å². The Balaban J connectivity index is 1.85. The second-order valence-electron chi connectivity index (χ2n) is 5.48. The van der Waals surface area contributed by atoms with Gasteiger partial charge in [-0.25, -0.2) is 4.79 Å². The first-order chi connectivity index (χ1) is 11.1. The van der Waals surface area contributed by atoms with Crippen molar-refractivity contribution in [3.05, 3.63) is 29.8 Å². The van der Waals surface area contributed by atoms with Gasteiger partial charge in [0.2, 0.25) is 0 Å². The van der Waals surface area contributed by atoms with E-state index in [1.807, 2.05) is 0 Å². The maximum Gasteiger partial charge on any atom is 0.338 e. The van der Waals surface area contributed by atoms with Gasteiger partial charge >= 0.3 is 5.97 Å². The van der Waals surface area contributed by atoms with E-state index in [1.165, 1.54) is 0 Å². The number of nitriles is 1. The third kappa shape index (κ3) is 4.46. The summed E-state index contributed by atoms with van der Waals surface area (Å²) in [5.41, 5.74) is -0.313. The number of hydrogen-bond acceptors (Lipinski definition) is 5. The highest BCUT2D eigenvalue weighted by molar-refractivity contribution is 5.89. The van der Waals surface area contributed by atoms with Gasteiger partial charge in [-0.1, -0.05) is 0 Å². The van der Waals surface area contributed by atoms with Gasteiger partial charge in [0, 0.05) is 0 Å². The molecule has 1 amide bonds. The molecule has 6 heteroatoms. The van der Waals surface area contributed by atoms with E-state index >= 15 is 0 Å². The molecule has 0 saturated heterocycles. The van der Waals surface area contributed by atoms with Crippen LogP contribution < -0.4 is 10.1 Å². The Bertz CT molecular complexity index is 598. The fraction of sp³-hybridized carbons (Fsp3) is 0.471. The Kier molecular flexibility index (Phi) is 5.58. The van der Waals surface area contributed by atoms with E-state index in [2.05, 4.69) is 11.4 Å². The summed E-state index contributed by atoms with van der Waals surface area (Å²) in [6, 6.07) is 8.58. The summed E-state index contributed by atoms with van der Waals surface area (Å²) >= 11 is 0. The van der Waals surface area contributed by atoms with Crippen molar-refractivity contribution >= 4 is 11.9 Å². The van der Waals surface area contributed by atoms with Crippen LogP contribution in [0.1, 0.15) is 43.0 Å². The van der Waals surface area contributed by atoms with Gasteiger partial charge in [0.1, 0.15) is 11.3 Å². The number of ether oxygens (including phenoxy) is 2. The highest BCUT2D eigenvalue weighted by Crippen LogP contribution is 2.28. The number of carbonyl (C=O) groups excluding carboxylic acids is 2. The number of esters is 1. The Hall–Kier alpha value is -2.55. The molecule has 0 bridgehead atoms. The van der Waals surface area contributed by atoms with Gasteiger partial charge in [0.15, 0.2) is 6.61 Å². The molecule has 1 aliphatic rings. The topological polar surface area (TPSA) is 88.4 Å².